The number of aliphatic carboxylic acids is 1. The number of amides is 1. The molecule has 1 amide bonds. The molecule has 1 unspecified atom stereocenters. The van der Waals surface area contributed by atoms with E-state index in [0.29, 0.717) is 12.5 Å². The van der Waals surface area contributed by atoms with E-state index in [1.165, 1.54) is 6.92 Å². The highest BCUT2D eigenvalue weighted by molar-refractivity contribution is 5.98. The van der Waals surface area contributed by atoms with Crippen LogP contribution in [0.15, 0.2) is 18.2 Å². The van der Waals surface area contributed by atoms with Crippen molar-refractivity contribution >= 4 is 17.6 Å². The standard InChI is InChI=1S/C13H15FN2O5/c1-3-6-13(2,12(18)19)15-11(17)9-5-4-8(16(20)21)7-10(9)14/h4-5,7H,3,6H2,1-2H3,(H,15,17)(H,18,19). The molecule has 1 rings (SSSR count). The number of nitro groups is 1. The number of carboxylic acid groups (broad SMARTS) is 1. The summed E-state index contributed by atoms with van der Waals surface area (Å²) in [5.74, 6) is -3.24. The van der Waals surface area contributed by atoms with Crippen LogP contribution in [0.5, 0.6) is 0 Å². The second-order valence-electron chi connectivity index (χ2n) is 4.76. The Kier molecular flexibility index (Phi) is 4.96. The van der Waals surface area contributed by atoms with Crippen molar-refractivity contribution in [2.45, 2.75) is 32.2 Å². The number of carbonyl (C=O) groups is 2. The van der Waals surface area contributed by atoms with E-state index < -0.39 is 39.4 Å². The first-order chi connectivity index (χ1) is 9.71. The first-order valence-electron chi connectivity index (χ1n) is 6.21. The fourth-order valence-corrected chi connectivity index (χ4v) is 1.84. The molecule has 2 N–H and O–H groups in total. The van der Waals surface area contributed by atoms with Gasteiger partial charge in [0.2, 0.25) is 0 Å². The summed E-state index contributed by atoms with van der Waals surface area (Å²) in [6, 6.07) is 2.56. The molecular formula is C13H15FN2O5. The Hall–Kier alpha value is -2.51. The molecule has 1 aromatic carbocycles. The molecule has 8 heteroatoms. The van der Waals surface area contributed by atoms with Gasteiger partial charge in [-0.2, -0.15) is 0 Å². The van der Waals surface area contributed by atoms with Crippen molar-refractivity contribution in [3.63, 3.8) is 0 Å². The highest BCUT2D eigenvalue weighted by atomic mass is 19.1. The molecule has 114 valence electrons. The monoisotopic (exact) mass is 298 g/mol. The van der Waals surface area contributed by atoms with Crippen LogP contribution in [0.3, 0.4) is 0 Å². The molecule has 0 radical (unpaired) electrons. The van der Waals surface area contributed by atoms with Crippen LogP contribution >= 0.6 is 0 Å². The summed E-state index contributed by atoms with van der Waals surface area (Å²) in [6.45, 7) is 3.07. The largest absolute Gasteiger partial charge is 0.480 e. The summed E-state index contributed by atoms with van der Waals surface area (Å²) in [5.41, 5.74) is -2.46. The number of non-ortho nitro benzene ring substituents is 1. The highest BCUT2D eigenvalue weighted by Crippen LogP contribution is 2.19. The zero-order chi connectivity index (χ0) is 16.2. The summed E-state index contributed by atoms with van der Waals surface area (Å²) in [6.07, 6.45) is 0.675. The lowest BCUT2D eigenvalue weighted by molar-refractivity contribution is -0.385. The Morgan fingerprint density at radius 3 is 2.52 bits per heavy atom. The third-order valence-corrected chi connectivity index (χ3v) is 3.02. The molecular weight excluding hydrogens is 283 g/mol. The lowest BCUT2D eigenvalue weighted by Gasteiger charge is -2.25. The molecule has 1 aromatic rings. The Bertz CT molecular complexity index is 590. The Balaban J connectivity index is 3.04. The molecule has 7 nitrogen and oxygen atoms in total. The predicted molar refractivity (Wildman–Crippen MR) is 71.5 cm³/mol. The van der Waals surface area contributed by atoms with Gasteiger partial charge in [-0.25, -0.2) is 9.18 Å². The van der Waals surface area contributed by atoms with Gasteiger partial charge >= 0.3 is 5.97 Å². The van der Waals surface area contributed by atoms with Crippen molar-refractivity contribution < 1.29 is 24.0 Å². The van der Waals surface area contributed by atoms with Crippen molar-refractivity contribution in [3.05, 3.63) is 39.7 Å². The SMILES string of the molecule is CCCC(C)(NC(=O)c1ccc([N+](=O)[O-])cc1F)C(=O)O. The first-order valence-corrected chi connectivity index (χ1v) is 6.21. The number of rotatable bonds is 6. The van der Waals surface area contributed by atoms with E-state index in [1.807, 2.05) is 0 Å². The first kappa shape index (κ1) is 16.5. The molecule has 0 saturated heterocycles. The number of carbonyl (C=O) groups excluding carboxylic acids is 1. The van der Waals surface area contributed by atoms with E-state index in [4.69, 9.17) is 5.11 Å². The number of halogens is 1. The molecule has 0 aliphatic heterocycles. The maximum Gasteiger partial charge on any atom is 0.329 e. The van der Waals surface area contributed by atoms with Crippen LogP contribution in [0.2, 0.25) is 0 Å². The van der Waals surface area contributed by atoms with Crippen LogP contribution in [-0.2, 0) is 4.79 Å². The van der Waals surface area contributed by atoms with E-state index in [9.17, 15) is 24.1 Å². The summed E-state index contributed by atoms with van der Waals surface area (Å²) in [4.78, 5) is 32.9. The number of benzene rings is 1. The number of nitro benzene ring substituents is 1. The molecule has 0 saturated carbocycles. The van der Waals surface area contributed by atoms with Crippen LogP contribution in [0, 0.1) is 15.9 Å². The molecule has 21 heavy (non-hydrogen) atoms. The van der Waals surface area contributed by atoms with Gasteiger partial charge in [0, 0.05) is 6.07 Å². The van der Waals surface area contributed by atoms with E-state index in [2.05, 4.69) is 5.32 Å². The lowest BCUT2D eigenvalue weighted by Crippen LogP contribution is -2.52. The van der Waals surface area contributed by atoms with E-state index in [0.717, 1.165) is 12.1 Å². The van der Waals surface area contributed by atoms with Gasteiger partial charge in [-0.15, -0.1) is 0 Å². The predicted octanol–water partition coefficient (Wildman–Crippen LogP) is 2.11. The molecule has 0 heterocycles. The average molecular weight is 298 g/mol. The van der Waals surface area contributed by atoms with Crippen molar-refractivity contribution in [1.82, 2.24) is 5.32 Å². The second kappa shape index (κ2) is 6.29. The van der Waals surface area contributed by atoms with Gasteiger partial charge in [-0.1, -0.05) is 13.3 Å². The maximum absolute atomic E-state index is 13.7. The number of carboxylic acids is 1. The Morgan fingerprint density at radius 2 is 2.10 bits per heavy atom. The molecule has 1 atom stereocenters. The molecule has 0 aromatic heterocycles. The molecule has 0 bridgehead atoms. The van der Waals surface area contributed by atoms with Crippen LogP contribution in [0.25, 0.3) is 0 Å². The second-order valence-corrected chi connectivity index (χ2v) is 4.76. The topological polar surface area (TPSA) is 110 Å². The van der Waals surface area contributed by atoms with Gasteiger partial charge in [0.15, 0.2) is 0 Å². The summed E-state index contributed by atoms with van der Waals surface area (Å²) in [5, 5.41) is 21.9. The van der Waals surface area contributed by atoms with Crippen LogP contribution in [-0.4, -0.2) is 27.4 Å². The highest BCUT2D eigenvalue weighted by Gasteiger charge is 2.34. The van der Waals surface area contributed by atoms with E-state index in [1.54, 1.807) is 6.92 Å². The zero-order valence-electron chi connectivity index (χ0n) is 11.6. The van der Waals surface area contributed by atoms with E-state index in [-0.39, 0.29) is 6.42 Å². The molecule has 0 aliphatic carbocycles. The molecule has 0 fully saturated rings. The summed E-state index contributed by atoms with van der Waals surface area (Å²) >= 11 is 0. The minimum absolute atomic E-state index is 0.169. The molecule has 0 aliphatic rings. The van der Waals surface area contributed by atoms with Gasteiger partial charge in [0.05, 0.1) is 16.6 Å². The van der Waals surface area contributed by atoms with Gasteiger partial charge in [-0.05, 0) is 19.4 Å². The third-order valence-electron chi connectivity index (χ3n) is 3.02. The number of hydrogen-bond acceptors (Lipinski definition) is 4. The summed E-state index contributed by atoms with van der Waals surface area (Å²) < 4.78 is 13.7. The fourth-order valence-electron chi connectivity index (χ4n) is 1.84. The van der Waals surface area contributed by atoms with Crippen molar-refractivity contribution in [1.29, 1.82) is 0 Å². The van der Waals surface area contributed by atoms with Gasteiger partial charge in [0.25, 0.3) is 11.6 Å². The number of nitrogens with zero attached hydrogens (tertiary/aromatic N) is 1. The lowest BCUT2D eigenvalue weighted by atomic mass is 9.95. The fraction of sp³-hybridized carbons (Fsp3) is 0.385. The van der Waals surface area contributed by atoms with Crippen LogP contribution in [0.4, 0.5) is 10.1 Å². The van der Waals surface area contributed by atoms with Crippen LogP contribution < -0.4 is 5.32 Å². The normalized spacial score (nSPS) is 13.3. The van der Waals surface area contributed by atoms with Crippen molar-refractivity contribution in [3.8, 4) is 0 Å². The van der Waals surface area contributed by atoms with E-state index >= 15 is 0 Å². The van der Waals surface area contributed by atoms with Gasteiger partial charge in [0.1, 0.15) is 11.4 Å². The third kappa shape index (κ3) is 3.74. The Morgan fingerprint density at radius 1 is 1.48 bits per heavy atom. The minimum Gasteiger partial charge on any atom is -0.480 e. The number of nitrogens with one attached hydrogen (secondary N) is 1. The number of hydrogen-bond donors (Lipinski definition) is 2. The van der Waals surface area contributed by atoms with Gasteiger partial charge < -0.3 is 10.4 Å². The summed E-state index contributed by atoms with van der Waals surface area (Å²) in [7, 11) is 0. The smallest absolute Gasteiger partial charge is 0.329 e. The average Bonchev–Trinajstić information content (AvgIpc) is 2.38. The maximum atomic E-state index is 13.7. The minimum atomic E-state index is -1.53. The Labute approximate surface area is 119 Å². The van der Waals surface area contributed by atoms with Crippen LogP contribution in [0.1, 0.15) is 37.0 Å². The van der Waals surface area contributed by atoms with Crippen molar-refractivity contribution in [2.24, 2.45) is 0 Å². The zero-order valence-corrected chi connectivity index (χ0v) is 11.6. The van der Waals surface area contributed by atoms with Crippen molar-refractivity contribution in [2.75, 3.05) is 0 Å². The quantitative estimate of drug-likeness (QED) is 0.617. The molecule has 0 spiro atoms. The van der Waals surface area contributed by atoms with Gasteiger partial charge in [-0.3, -0.25) is 14.9 Å².